The molecule has 0 bridgehead atoms. The summed E-state index contributed by atoms with van der Waals surface area (Å²) in [6, 6.07) is 9.95. The average molecular weight is 460 g/mol. The number of fused-ring (bicyclic) bond motifs is 1. The van der Waals surface area contributed by atoms with E-state index in [2.05, 4.69) is 20.7 Å². The molecule has 0 saturated carbocycles. The summed E-state index contributed by atoms with van der Waals surface area (Å²) in [6.45, 7) is 1.82. The largest absolute Gasteiger partial charge is 0.495 e. The van der Waals surface area contributed by atoms with Gasteiger partial charge in [-0.2, -0.15) is 10.1 Å². The van der Waals surface area contributed by atoms with Gasteiger partial charge in [-0.3, -0.25) is 4.79 Å². The lowest BCUT2D eigenvalue weighted by Crippen LogP contribution is -2.31. The van der Waals surface area contributed by atoms with E-state index in [9.17, 15) is 4.79 Å². The lowest BCUT2D eigenvalue weighted by molar-refractivity contribution is -0.113. The molecule has 2 aromatic carbocycles. The van der Waals surface area contributed by atoms with Gasteiger partial charge in [-0.1, -0.05) is 35.3 Å². The molecule has 1 amide bonds. The monoisotopic (exact) mass is 459 g/mol. The maximum absolute atomic E-state index is 13.5. The molecule has 3 aromatic rings. The number of amides is 1. The van der Waals surface area contributed by atoms with Gasteiger partial charge in [0.1, 0.15) is 23.9 Å². The molecule has 0 spiro atoms. The number of nitrogens with one attached hydrogen (secondary N) is 2. The molecule has 0 radical (unpaired) electrons. The maximum Gasteiger partial charge on any atom is 0.255 e. The standard InChI is InChI=1S/C21H19Cl2N5O3/c1-11-18(20(29)27-15-9-16(30-2)14(23)8-17(15)31-3)19(12-4-6-13(22)7-5-12)28-21(26-11)24-10-25-28/h4-10,19H,1-3H3,(H,27,29)(H,24,25,26). The van der Waals surface area contributed by atoms with Gasteiger partial charge in [-0.25, -0.2) is 4.68 Å². The Labute approximate surface area is 188 Å². The smallest absolute Gasteiger partial charge is 0.255 e. The van der Waals surface area contributed by atoms with E-state index in [0.717, 1.165) is 5.56 Å². The molecule has 160 valence electrons. The van der Waals surface area contributed by atoms with Gasteiger partial charge in [0.2, 0.25) is 5.95 Å². The van der Waals surface area contributed by atoms with Gasteiger partial charge in [-0.15, -0.1) is 0 Å². The molecule has 0 saturated heterocycles. The van der Waals surface area contributed by atoms with Crippen molar-refractivity contribution in [2.45, 2.75) is 13.0 Å². The van der Waals surface area contributed by atoms with Crippen molar-refractivity contribution in [3.8, 4) is 11.5 Å². The molecule has 1 aliphatic rings. The summed E-state index contributed by atoms with van der Waals surface area (Å²) in [4.78, 5) is 17.7. The number of aromatic nitrogens is 3. The molecule has 1 aromatic heterocycles. The van der Waals surface area contributed by atoms with Crippen molar-refractivity contribution in [1.82, 2.24) is 14.8 Å². The number of allylic oxidation sites excluding steroid dienone is 1. The Hall–Kier alpha value is -3.23. The zero-order valence-electron chi connectivity index (χ0n) is 16.9. The van der Waals surface area contributed by atoms with Crippen molar-refractivity contribution in [1.29, 1.82) is 0 Å². The minimum absolute atomic E-state index is 0.339. The molecule has 4 rings (SSSR count). The molecule has 2 heterocycles. The van der Waals surface area contributed by atoms with Crippen LogP contribution >= 0.6 is 23.2 Å². The first-order chi connectivity index (χ1) is 14.9. The fourth-order valence-electron chi connectivity index (χ4n) is 3.49. The van der Waals surface area contributed by atoms with E-state index in [1.807, 2.05) is 19.1 Å². The normalized spacial score (nSPS) is 15.2. The van der Waals surface area contributed by atoms with Crippen molar-refractivity contribution in [2.75, 3.05) is 24.9 Å². The predicted molar refractivity (Wildman–Crippen MR) is 119 cm³/mol. The first-order valence-electron chi connectivity index (χ1n) is 9.28. The van der Waals surface area contributed by atoms with Crippen LogP contribution in [0.25, 0.3) is 0 Å². The summed E-state index contributed by atoms with van der Waals surface area (Å²) in [7, 11) is 3.00. The summed E-state index contributed by atoms with van der Waals surface area (Å²) >= 11 is 12.2. The number of benzene rings is 2. The van der Waals surface area contributed by atoms with E-state index in [1.165, 1.54) is 20.5 Å². The van der Waals surface area contributed by atoms with Crippen LogP contribution in [0.3, 0.4) is 0 Å². The quantitative estimate of drug-likeness (QED) is 0.582. The highest BCUT2D eigenvalue weighted by Crippen LogP contribution is 2.39. The summed E-state index contributed by atoms with van der Waals surface area (Å²) in [5.74, 6) is 1.03. The second kappa shape index (κ2) is 8.49. The SMILES string of the molecule is COc1cc(NC(=O)C2=C(C)Nc3ncnn3C2c2ccc(Cl)cc2)c(OC)cc1Cl. The number of rotatable bonds is 5. The molecule has 10 heteroatoms. The van der Waals surface area contributed by atoms with E-state index >= 15 is 0 Å². The number of hydrogen-bond acceptors (Lipinski definition) is 6. The molecular formula is C21H19Cl2N5O3. The van der Waals surface area contributed by atoms with Crippen LogP contribution in [-0.4, -0.2) is 34.9 Å². The second-order valence-corrected chi connectivity index (χ2v) is 7.63. The first kappa shape index (κ1) is 21.0. The number of anilines is 2. The highest BCUT2D eigenvalue weighted by molar-refractivity contribution is 6.32. The fraction of sp³-hybridized carbons (Fsp3) is 0.190. The predicted octanol–water partition coefficient (Wildman–Crippen LogP) is 4.53. The molecule has 1 atom stereocenters. The summed E-state index contributed by atoms with van der Waals surface area (Å²) in [5.41, 5.74) is 2.38. The van der Waals surface area contributed by atoms with Crippen molar-refractivity contribution in [3.05, 3.63) is 69.6 Å². The molecule has 8 nitrogen and oxygen atoms in total. The van der Waals surface area contributed by atoms with Crippen LogP contribution in [-0.2, 0) is 4.79 Å². The number of carbonyl (C=O) groups excluding carboxylic acids is 1. The Kier molecular flexibility index (Phi) is 5.75. The zero-order chi connectivity index (χ0) is 22.1. The number of halogens is 2. The van der Waals surface area contributed by atoms with Gasteiger partial charge >= 0.3 is 0 Å². The summed E-state index contributed by atoms with van der Waals surface area (Å²) in [6.07, 6.45) is 1.44. The Morgan fingerprint density at radius 1 is 1.13 bits per heavy atom. The van der Waals surface area contributed by atoms with E-state index in [0.29, 0.717) is 44.5 Å². The van der Waals surface area contributed by atoms with Crippen LogP contribution in [0.4, 0.5) is 11.6 Å². The Morgan fingerprint density at radius 2 is 1.84 bits per heavy atom. The lowest BCUT2D eigenvalue weighted by Gasteiger charge is -2.29. The Morgan fingerprint density at radius 3 is 2.52 bits per heavy atom. The van der Waals surface area contributed by atoms with Crippen molar-refractivity contribution in [2.24, 2.45) is 0 Å². The lowest BCUT2D eigenvalue weighted by atomic mass is 9.95. The minimum Gasteiger partial charge on any atom is -0.495 e. The molecule has 0 aliphatic carbocycles. The van der Waals surface area contributed by atoms with Crippen LogP contribution in [0.15, 0.2) is 54.0 Å². The van der Waals surface area contributed by atoms with Crippen molar-refractivity contribution in [3.63, 3.8) is 0 Å². The maximum atomic E-state index is 13.5. The third-order valence-electron chi connectivity index (χ3n) is 4.95. The number of carbonyl (C=O) groups is 1. The van der Waals surface area contributed by atoms with Gasteiger partial charge < -0.3 is 20.1 Å². The molecule has 0 fully saturated rings. The van der Waals surface area contributed by atoms with Gasteiger partial charge in [0.05, 0.1) is 30.5 Å². The van der Waals surface area contributed by atoms with E-state index in [1.54, 1.807) is 28.9 Å². The van der Waals surface area contributed by atoms with E-state index in [4.69, 9.17) is 32.7 Å². The first-order valence-corrected chi connectivity index (χ1v) is 10.0. The highest BCUT2D eigenvalue weighted by Gasteiger charge is 2.33. The van der Waals surface area contributed by atoms with Crippen molar-refractivity contribution < 1.29 is 14.3 Å². The molecule has 31 heavy (non-hydrogen) atoms. The number of nitrogens with zero attached hydrogens (tertiary/aromatic N) is 3. The fourth-order valence-corrected chi connectivity index (χ4v) is 3.84. The minimum atomic E-state index is -0.504. The van der Waals surface area contributed by atoms with Crippen LogP contribution in [0.1, 0.15) is 18.5 Å². The molecule has 2 N–H and O–H groups in total. The van der Waals surface area contributed by atoms with Crippen LogP contribution in [0.2, 0.25) is 10.0 Å². The van der Waals surface area contributed by atoms with E-state index < -0.39 is 6.04 Å². The third-order valence-corrected chi connectivity index (χ3v) is 5.49. The van der Waals surface area contributed by atoms with Gasteiger partial charge in [0.15, 0.2) is 0 Å². The molecular weight excluding hydrogens is 441 g/mol. The molecule has 1 unspecified atom stereocenters. The van der Waals surface area contributed by atoms with Crippen molar-refractivity contribution >= 4 is 40.7 Å². The number of ether oxygens (including phenoxy) is 2. The van der Waals surface area contributed by atoms with Gasteiger partial charge in [0.25, 0.3) is 5.91 Å². The Bertz CT molecular complexity index is 1170. The average Bonchev–Trinajstić information content (AvgIpc) is 3.22. The molecule has 1 aliphatic heterocycles. The number of methoxy groups -OCH3 is 2. The zero-order valence-corrected chi connectivity index (χ0v) is 18.5. The van der Waals surface area contributed by atoms with Gasteiger partial charge in [0, 0.05) is 22.9 Å². The topological polar surface area (TPSA) is 90.3 Å². The summed E-state index contributed by atoms with van der Waals surface area (Å²) in [5, 5.41) is 11.3. The van der Waals surface area contributed by atoms with Crippen LogP contribution in [0.5, 0.6) is 11.5 Å². The second-order valence-electron chi connectivity index (χ2n) is 6.79. The van der Waals surface area contributed by atoms with Crippen LogP contribution < -0.4 is 20.1 Å². The van der Waals surface area contributed by atoms with Crippen LogP contribution in [0, 0.1) is 0 Å². The van der Waals surface area contributed by atoms with Gasteiger partial charge in [-0.05, 0) is 24.6 Å². The van der Waals surface area contributed by atoms with E-state index in [-0.39, 0.29) is 5.91 Å². The summed E-state index contributed by atoms with van der Waals surface area (Å²) < 4.78 is 12.3. The highest BCUT2D eigenvalue weighted by atomic mass is 35.5. The Balaban J connectivity index is 1.76. The number of hydrogen-bond donors (Lipinski definition) is 2. The third kappa shape index (κ3) is 3.92.